The van der Waals surface area contributed by atoms with Crippen LogP contribution in [0, 0.1) is 11.7 Å². The van der Waals surface area contributed by atoms with Gasteiger partial charge in [0, 0.05) is 33.6 Å². The van der Waals surface area contributed by atoms with Gasteiger partial charge in [0.05, 0.1) is 10.9 Å². The molecule has 1 aliphatic rings. The number of hydrogen-bond donors (Lipinski definition) is 1. The van der Waals surface area contributed by atoms with E-state index >= 15 is 0 Å². The van der Waals surface area contributed by atoms with Crippen LogP contribution in [0.25, 0.3) is 0 Å². The van der Waals surface area contributed by atoms with Crippen LogP contribution < -0.4 is 5.32 Å². The van der Waals surface area contributed by atoms with Crippen molar-refractivity contribution < 1.29 is 14.0 Å². The molecule has 0 unspecified atom stereocenters. The van der Waals surface area contributed by atoms with Gasteiger partial charge < -0.3 is 5.32 Å². The quantitative estimate of drug-likeness (QED) is 0.254. The molecule has 1 fully saturated rings. The maximum absolute atomic E-state index is 13.1. The van der Waals surface area contributed by atoms with E-state index in [9.17, 15) is 14.0 Å². The molecule has 9 heteroatoms. The maximum Gasteiger partial charge on any atom is 0.231 e. The molecule has 3 aromatic rings. The van der Waals surface area contributed by atoms with Gasteiger partial charge in [0.2, 0.25) is 5.91 Å². The highest BCUT2D eigenvalue weighted by Crippen LogP contribution is 2.65. The number of halogens is 6. The van der Waals surface area contributed by atoms with Crippen molar-refractivity contribution in [1.29, 1.82) is 0 Å². The average Bonchev–Trinajstić information content (AvgIpc) is 3.32. The van der Waals surface area contributed by atoms with E-state index in [1.165, 1.54) is 36.4 Å². The lowest BCUT2D eigenvalue weighted by molar-refractivity contribution is -0.117. The molecule has 0 saturated heterocycles. The molecule has 0 bridgehead atoms. The number of hydrogen-bond acceptors (Lipinski definition) is 2. The van der Waals surface area contributed by atoms with Crippen molar-refractivity contribution in [2.45, 2.75) is 16.7 Å². The summed E-state index contributed by atoms with van der Waals surface area (Å²) in [6.07, 6.45) is 0.0318. The van der Waals surface area contributed by atoms with Gasteiger partial charge in [-0.15, -0.1) is 23.2 Å². The first-order valence-corrected chi connectivity index (χ1v) is 11.7. The minimum atomic E-state index is -1.33. The number of nitrogens with one attached hydrogen (secondary N) is 1. The van der Waals surface area contributed by atoms with Gasteiger partial charge in [-0.05, 0) is 59.7 Å². The zero-order valence-electron chi connectivity index (χ0n) is 16.7. The fraction of sp³-hybridized carbons (Fsp3) is 0.167. The predicted molar refractivity (Wildman–Crippen MR) is 132 cm³/mol. The first-order valence-electron chi connectivity index (χ1n) is 9.78. The molecule has 2 atom stereocenters. The summed E-state index contributed by atoms with van der Waals surface area (Å²) in [6, 6.07) is 15.1. The summed E-state index contributed by atoms with van der Waals surface area (Å²) >= 11 is 31.1. The summed E-state index contributed by atoms with van der Waals surface area (Å²) in [6.45, 7) is 0. The highest BCUT2D eigenvalue weighted by molar-refractivity contribution is 6.53. The molecule has 33 heavy (non-hydrogen) atoms. The Morgan fingerprint density at radius 2 is 1.55 bits per heavy atom. The normalized spacial score (nSPS) is 18.6. The van der Waals surface area contributed by atoms with Gasteiger partial charge >= 0.3 is 0 Å². The number of Topliss-reactive ketones (excluding diaryl/α,β-unsaturated/α-hetero) is 1. The molecule has 170 valence electrons. The Morgan fingerprint density at radius 3 is 2.18 bits per heavy atom. The SMILES string of the molecule is O=C(Cc1ccc(F)cc1)c1cc(NC(=O)[C@H]2[C@H](c3cc(Cl)cc(Cl)c3)C2(Cl)Cl)ccc1Cl. The molecule has 0 radical (unpaired) electrons. The van der Waals surface area contributed by atoms with E-state index in [1.54, 1.807) is 24.3 Å². The van der Waals surface area contributed by atoms with Crippen molar-refractivity contribution in [3.05, 3.63) is 98.2 Å². The third-order valence-electron chi connectivity index (χ3n) is 5.39. The third kappa shape index (κ3) is 5.31. The van der Waals surface area contributed by atoms with Gasteiger partial charge in [-0.3, -0.25) is 9.59 Å². The molecule has 1 amide bonds. The topological polar surface area (TPSA) is 46.2 Å². The summed E-state index contributed by atoms with van der Waals surface area (Å²) in [4.78, 5) is 25.7. The van der Waals surface area contributed by atoms with E-state index < -0.39 is 22.1 Å². The van der Waals surface area contributed by atoms with E-state index in [0.29, 0.717) is 26.9 Å². The molecule has 1 saturated carbocycles. The monoisotopic (exact) mass is 543 g/mol. The van der Waals surface area contributed by atoms with Crippen LogP contribution in [0.5, 0.6) is 0 Å². The van der Waals surface area contributed by atoms with Crippen molar-refractivity contribution in [3.63, 3.8) is 0 Å². The van der Waals surface area contributed by atoms with Crippen molar-refractivity contribution >= 4 is 75.4 Å². The van der Waals surface area contributed by atoms with E-state index in [4.69, 9.17) is 58.0 Å². The second kappa shape index (κ2) is 9.44. The van der Waals surface area contributed by atoms with Crippen LogP contribution in [0.3, 0.4) is 0 Å². The highest BCUT2D eigenvalue weighted by Gasteiger charge is 2.67. The Morgan fingerprint density at radius 1 is 0.909 bits per heavy atom. The standard InChI is InChI=1S/C24H15Cl5FNO2/c25-14-8-13(9-15(26)10-14)21-22(24(21,28)29)23(33)31-17-5-6-19(27)18(11-17)20(32)7-12-1-3-16(30)4-2-12/h1-6,8-11,21-22H,7H2,(H,31,33)/t21-,22+/m0/s1. The first kappa shape index (κ1) is 24.3. The van der Waals surface area contributed by atoms with Crippen LogP contribution in [-0.4, -0.2) is 16.0 Å². The van der Waals surface area contributed by atoms with Crippen LogP contribution >= 0.6 is 58.0 Å². The van der Waals surface area contributed by atoms with Crippen molar-refractivity contribution in [3.8, 4) is 0 Å². The molecule has 3 nitrogen and oxygen atoms in total. The number of carbonyl (C=O) groups is 2. The average molecular weight is 546 g/mol. The second-order valence-electron chi connectivity index (χ2n) is 7.74. The van der Waals surface area contributed by atoms with Crippen molar-refractivity contribution in [2.75, 3.05) is 5.32 Å². The molecular weight excluding hydrogens is 531 g/mol. The first-order chi connectivity index (χ1) is 15.6. The number of amides is 1. The Bertz CT molecular complexity index is 1230. The lowest BCUT2D eigenvalue weighted by atomic mass is 10.0. The van der Waals surface area contributed by atoms with Gasteiger partial charge in [0.15, 0.2) is 5.78 Å². The summed E-state index contributed by atoms with van der Waals surface area (Å²) < 4.78 is 11.8. The molecule has 0 spiro atoms. The Balaban J connectivity index is 1.50. The third-order valence-corrected chi connectivity index (χ3v) is 7.10. The van der Waals surface area contributed by atoms with Gasteiger partial charge in [-0.25, -0.2) is 4.39 Å². The number of anilines is 1. The number of rotatable bonds is 6. The smallest absolute Gasteiger partial charge is 0.231 e. The summed E-state index contributed by atoms with van der Waals surface area (Å²) in [5.41, 5.74) is 1.90. The van der Waals surface area contributed by atoms with E-state index in [1.807, 2.05) is 0 Å². The molecule has 4 rings (SSSR count). The Hall–Kier alpha value is -1.82. The van der Waals surface area contributed by atoms with E-state index in [-0.39, 0.29) is 28.6 Å². The Kier molecular flexibility index (Phi) is 6.95. The molecule has 3 aromatic carbocycles. The molecular formula is C24H15Cl5FNO2. The van der Waals surface area contributed by atoms with Crippen LogP contribution in [0.4, 0.5) is 10.1 Å². The number of benzene rings is 3. The molecule has 0 heterocycles. The van der Waals surface area contributed by atoms with Crippen molar-refractivity contribution in [2.24, 2.45) is 5.92 Å². The van der Waals surface area contributed by atoms with Crippen LogP contribution in [0.15, 0.2) is 60.7 Å². The number of carbonyl (C=O) groups excluding carboxylic acids is 2. The number of ketones is 1. The molecule has 1 N–H and O–H groups in total. The van der Waals surface area contributed by atoms with E-state index in [0.717, 1.165) is 0 Å². The zero-order chi connectivity index (χ0) is 23.9. The van der Waals surface area contributed by atoms with Crippen LogP contribution in [0.1, 0.15) is 27.4 Å². The largest absolute Gasteiger partial charge is 0.326 e. The number of alkyl halides is 2. The van der Waals surface area contributed by atoms with Crippen LogP contribution in [-0.2, 0) is 11.2 Å². The van der Waals surface area contributed by atoms with Crippen molar-refractivity contribution in [1.82, 2.24) is 0 Å². The summed E-state index contributed by atoms with van der Waals surface area (Å²) in [7, 11) is 0. The molecule has 0 aliphatic heterocycles. The maximum atomic E-state index is 13.1. The lowest BCUT2D eigenvalue weighted by Gasteiger charge is -2.09. The van der Waals surface area contributed by atoms with E-state index in [2.05, 4.69) is 5.32 Å². The summed E-state index contributed by atoms with van der Waals surface area (Å²) in [5.74, 6) is -2.32. The van der Waals surface area contributed by atoms with Gasteiger partial charge in [-0.2, -0.15) is 0 Å². The lowest BCUT2D eigenvalue weighted by Crippen LogP contribution is -2.17. The predicted octanol–water partition coefficient (Wildman–Crippen LogP) is 7.74. The highest BCUT2D eigenvalue weighted by atomic mass is 35.5. The molecule has 1 aliphatic carbocycles. The van der Waals surface area contributed by atoms with Crippen LogP contribution in [0.2, 0.25) is 15.1 Å². The van der Waals surface area contributed by atoms with Gasteiger partial charge in [-0.1, -0.05) is 46.9 Å². The Labute approximate surface area is 214 Å². The van der Waals surface area contributed by atoms with Gasteiger partial charge in [0.25, 0.3) is 0 Å². The summed E-state index contributed by atoms with van der Waals surface area (Å²) in [5, 5.41) is 3.81. The van der Waals surface area contributed by atoms with Gasteiger partial charge in [0.1, 0.15) is 10.2 Å². The zero-order valence-corrected chi connectivity index (χ0v) is 20.5. The minimum absolute atomic E-state index is 0.0318. The fourth-order valence-electron chi connectivity index (χ4n) is 3.74. The molecule has 0 aromatic heterocycles. The fourth-order valence-corrected chi connectivity index (χ4v) is 5.34. The minimum Gasteiger partial charge on any atom is -0.326 e. The second-order valence-corrected chi connectivity index (χ2v) is 10.5.